The Morgan fingerprint density at radius 2 is 1.84 bits per heavy atom. The molecule has 1 aromatic carbocycles. The third kappa shape index (κ3) is 5.40. The summed E-state index contributed by atoms with van der Waals surface area (Å²) in [6, 6.07) is 7.84. The summed E-state index contributed by atoms with van der Waals surface area (Å²) < 4.78 is 27.3. The lowest BCUT2D eigenvalue weighted by atomic mass is 9.96. The van der Waals surface area contributed by atoms with Gasteiger partial charge in [0.15, 0.2) is 5.82 Å². The molecule has 3 aromatic rings. The lowest BCUT2D eigenvalue weighted by Gasteiger charge is -2.18. The van der Waals surface area contributed by atoms with E-state index in [4.69, 9.17) is 9.97 Å². The van der Waals surface area contributed by atoms with E-state index in [-0.39, 0.29) is 5.91 Å². The number of amides is 1. The van der Waals surface area contributed by atoms with Crippen LogP contribution in [0.4, 0.5) is 5.82 Å². The first kappa shape index (κ1) is 23.1. The van der Waals surface area contributed by atoms with Gasteiger partial charge in [0.1, 0.15) is 11.3 Å². The third-order valence-corrected chi connectivity index (χ3v) is 5.79. The van der Waals surface area contributed by atoms with Gasteiger partial charge in [-0.1, -0.05) is 45.9 Å². The lowest BCUT2D eigenvalue weighted by molar-refractivity contribution is -0.123. The number of carbonyl (C=O) groups excluding carboxylic acids is 1. The number of rotatable bonds is 8. The van der Waals surface area contributed by atoms with Gasteiger partial charge in [-0.05, 0) is 18.9 Å². The first-order valence-corrected chi connectivity index (χ1v) is 12.4. The molecule has 9 heteroatoms. The summed E-state index contributed by atoms with van der Waals surface area (Å²) in [4.78, 5) is 22.2. The minimum atomic E-state index is -3.18. The number of aromatic nitrogens is 3. The number of anilines is 1. The van der Waals surface area contributed by atoms with Crippen molar-refractivity contribution in [3.8, 4) is 0 Å². The number of hydrogen-bond acceptors (Lipinski definition) is 5. The summed E-state index contributed by atoms with van der Waals surface area (Å²) in [6.07, 6.45) is 3.41. The van der Waals surface area contributed by atoms with Crippen LogP contribution in [0.3, 0.4) is 0 Å². The van der Waals surface area contributed by atoms with E-state index in [9.17, 15) is 13.2 Å². The maximum absolute atomic E-state index is 12.7. The normalized spacial score (nSPS) is 12.5. The lowest BCUT2D eigenvalue weighted by Crippen LogP contribution is -2.28. The minimum absolute atomic E-state index is 0.115. The van der Waals surface area contributed by atoms with E-state index in [1.165, 1.54) is 0 Å². The van der Waals surface area contributed by atoms with Crippen molar-refractivity contribution in [2.75, 3.05) is 18.1 Å². The molecule has 8 nitrogen and oxygen atoms in total. The van der Waals surface area contributed by atoms with Gasteiger partial charge in [0.25, 0.3) is 0 Å². The summed E-state index contributed by atoms with van der Waals surface area (Å²) in [7, 11) is -3.18. The number of unbranched alkanes of at least 4 members (excludes halogenated alkanes) is 1. The highest BCUT2D eigenvalue weighted by Gasteiger charge is 2.24. The Bertz CT molecular complexity index is 1210. The van der Waals surface area contributed by atoms with E-state index in [1.807, 2.05) is 52.0 Å². The molecular formula is C22H31N5O3S. The average molecular weight is 446 g/mol. The van der Waals surface area contributed by atoms with E-state index in [1.54, 1.807) is 0 Å². The molecule has 0 saturated carbocycles. The number of carbonyl (C=O) groups is 1. The number of benzene rings is 1. The molecular weight excluding hydrogens is 414 g/mol. The van der Waals surface area contributed by atoms with Crippen LogP contribution in [0.25, 0.3) is 21.9 Å². The molecule has 168 valence electrons. The number of fused-ring (bicyclic) bond motifs is 3. The molecule has 1 amide bonds. The van der Waals surface area contributed by atoms with Gasteiger partial charge in [-0.3, -0.25) is 4.79 Å². The van der Waals surface area contributed by atoms with Crippen molar-refractivity contribution in [1.29, 1.82) is 0 Å². The van der Waals surface area contributed by atoms with Gasteiger partial charge >= 0.3 is 0 Å². The highest BCUT2D eigenvalue weighted by Crippen LogP contribution is 2.31. The number of para-hydroxylation sites is 1. The summed E-state index contributed by atoms with van der Waals surface area (Å²) in [6.45, 7) is 8.74. The Balaban J connectivity index is 2.03. The van der Waals surface area contributed by atoms with Gasteiger partial charge < -0.3 is 9.88 Å². The second-order valence-corrected chi connectivity index (χ2v) is 10.6. The molecule has 0 bridgehead atoms. The summed E-state index contributed by atoms with van der Waals surface area (Å²) in [5.74, 6) is 1.27. The van der Waals surface area contributed by atoms with E-state index in [0.29, 0.717) is 30.8 Å². The topological polar surface area (TPSA) is 106 Å². The maximum atomic E-state index is 12.7. The molecule has 0 aliphatic heterocycles. The number of nitrogens with one attached hydrogen (secondary N) is 2. The van der Waals surface area contributed by atoms with Crippen LogP contribution in [0.5, 0.6) is 0 Å². The van der Waals surface area contributed by atoms with Gasteiger partial charge in [-0.2, -0.15) is 0 Å². The van der Waals surface area contributed by atoms with Crippen LogP contribution in [0.2, 0.25) is 0 Å². The van der Waals surface area contributed by atoms with Gasteiger partial charge in [0.05, 0.1) is 17.3 Å². The molecule has 0 fully saturated rings. The van der Waals surface area contributed by atoms with Crippen LogP contribution < -0.4 is 10.0 Å². The Labute approximate surface area is 183 Å². The van der Waals surface area contributed by atoms with Crippen LogP contribution in [-0.4, -0.2) is 41.7 Å². The van der Waals surface area contributed by atoms with Crippen molar-refractivity contribution < 1.29 is 13.2 Å². The number of aryl methyl sites for hydroxylation is 2. The molecule has 2 heterocycles. The highest BCUT2D eigenvalue weighted by atomic mass is 32.2. The molecule has 3 rings (SSSR count). The number of imidazole rings is 1. The van der Waals surface area contributed by atoms with Crippen molar-refractivity contribution in [2.45, 2.75) is 53.5 Å². The van der Waals surface area contributed by atoms with Crippen molar-refractivity contribution in [2.24, 2.45) is 5.41 Å². The predicted octanol–water partition coefficient (Wildman–Crippen LogP) is 3.46. The zero-order valence-corrected chi connectivity index (χ0v) is 19.6. The second kappa shape index (κ2) is 8.92. The monoisotopic (exact) mass is 445 g/mol. The van der Waals surface area contributed by atoms with Gasteiger partial charge in [0.2, 0.25) is 15.9 Å². The molecule has 0 spiro atoms. The number of nitrogens with zero attached hydrogens (tertiary/aromatic N) is 3. The van der Waals surface area contributed by atoms with E-state index >= 15 is 0 Å². The van der Waals surface area contributed by atoms with Gasteiger partial charge in [0, 0.05) is 30.3 Å². The van der Waals surface area contributed by atoms with Crippen molar-refractivity contribution in [3.05, 3.63) is 30.1 Å². The highest BCUT2D eigenvalue weighted by molar-refractivity contribution is 7.88. The molecule has 0 saturated heterocycles. The molecule has 2 aromatic heterocycles. The summed E-state index contributed by atoms with van der Waals surface area (Å²) in [5, 5.41) is 3.95. The molecule has 0 unspecified atom stereocenters. The standard InChI is InChI=1S/C22H31N5O3S/c1-6-17-25-18-19(27(17)14-10-9-13-23-31(5,29)30)15-11-7-8-12-16(15)24-20(18)26-21(28)22(2,3)4/h7-8,11-12,23H,6,9-10,13-14H2,1-5H3,(H,24,26,28). The SMILES string of the molecule is CCc1nc2c(NC(=O)C(C)(C)C)nc3ccccc3c2n1CCCCNS(C)(=O)=O. The van der Waals surface area contributed by atoms with Crippen LogP contribution in [0.1, 0.15) is 46.4 Å². The van der Waals surface area contributed by atoms with E-state index in [2.05, 4.69) is 14.6 Å². The quantitative estimate of drug-likeness (QED) is 0.517. The van der Waals surface area contributed by atoms with Crippen molar-refractivity contribution in [1.82, 2.24) is 19.3 Å². The maximum Gasteiger partial charge on any atom is 0.230 e. The number of pyridine rings is 1. The minimum Gasteiger partial charge on any atom is -0.327 e. The first-order chi connectivity index (χ1) is 14.5. The second-order valence-electron chi connectivity index (χ2n) is 8.79. The third-order valence-electron chi connectivity index (χ3n) is 5.06. The first-order valence-electron chi connectivity index (χ1n) is 10.5. The Kier molecular flexibility index (Phi) is 6.66. The zero-order chi connectivity index (χ0) is 22.8. The molecule has 0 radical (unpaired) electrons. The zero-order valence-electron chi connectivity index (χ0n) is 18.8. The largest absolute Gasteiger partial charge is 0.327 e. The van der Waals surface area contributed by atoms with Gasteiger partial charge in [-0.15, -0.1) is 0 Å². The van der Waals surface area contributed by atoms with Crippen LogP contribution >= 0.6 is 0 Å². The smallest absolute Gasteiger partial charge is 0.230 e. The fourth-order valence-corrected chi connectivity index (χ4v) is 3.94. The van der Waals surface area contributed by atoms with E-state index < -0.39 is 15.4 Å². The fraction of sp³-hybridized carbons (Fsp3) is 0.500. The van der Waals surface area contributed by atoms with Crippen LogP contribution in [-0.2, 0) is 27.8 Å². The molecule has 0 atom stereocenters. The molecule has 0 aliphatic rings. The van der Waals surface area contributed by atoms with Crippen molar-refractivity contribution >= 4 is 43.7 Å². The number of sulfonamides is 1. The predicted molar refractivity (Wildman–Crippen MR) is 125 cm³/mol. The Hall–Kier alpha value is -2.52. The molecule has 31 heavy (non-hydrogen) atoms. The summed E-state index contributed by atoms with van der Waals surface area (Å²) in [5.41, 5.74) is 1.87. The Morgan fingerprint density at radius 1 is 1.13 bits per heavy atom. The van der Waals surface area contributed by atoms with E-state index in [0.717, 1.165) is 41.3 Å². The van der Waals surface area contributed by atoms with Crippen LogP contribution in [0, 0.1) is 5.41 Å². The number of hydrogen-bond donors (Lipinski definition) is 2. The average Bonchev–Trinajstić information content (AvgIpc) is 3.05. The molecule has 2 N–H and O–H groups in total. The van der Waals surface area contributed by atoms with Crippen LogP contribution in [0.15, 0.2) is 24.3 Å². The summed E-state index contributed by atoms with van der Waals surface area (Å²) >= 11 is 0. The molecule has 0 aliphatic carbocycles. The fourth-order valence-electron chi connectivity index (χ4n) is 3.43. The van der Waals surface area contributed by atoms with Crippen molar-refractivity contribution in [3.63, 3.8) is 0 Å². The Morgan fingerprint density at radius 3 is 2.48 bits per heavy atom. The van der Waals surface area contributed by atoms with Gasteiger partial charge in [-0.25, -0.2) is 23.1 Å².